The van der Waals surface area contributed by atoms with Gasteiger partial charge in [-0.25, -0.2) is 9.78 Å². The molecule has 2 heterocycles. The van der Waals surface area contributed by atoms with Gasteiger partial charge in [-0.3, -0.25) is 5.41 Å². The number of carbonyl (C=O) groups is 1. The van der Waals surface area contributed by atoms with E-state index in [9.17, 15) is 9.90 Å². The number of carboxylic acid groups (broad SMARTS) is 1. The van der Waals surface area contributed by atoms with E-state index >= 15 is 0 Å². The molecule has 0 unspecified atom stereocenters. The molecule has 0 radical (unpaired) electrons. The van der Waals surface area contributed by atoms with E-state index in [1.54, 1.807) is 0 Å². The van der Waals surface area contributed by atoms with Crippen molar-refractivity contribution >= 4 is 33.6 Å². The highest BCUT2D eigenvalue weighted by Gasteiger charge is 2.20. The molecule has 0 aliphatic carbocycles. The lowest BCUT2D eigenvalue weighted by Gasteiger charge is -2.25. The van der Waals surface area contributed by atoms with Gasteiger partial charge in [-0.1, -0.05) is 36.4 Å². The summed E-state index contributed by atoms with van der Waals surface area (Å²) in [5.74, 6) is 0.694. The summed E-state index contributed by atoms with van der Waals surface area (Å²) < 4.78 is 14.0. The molecule has 0 saturated carbocycles. The number of aliphatic carboxylic acids is 1. The second-order valence-electron chi connectivity index (χ2n) is 9.01. The van der Waals surface area contributed by atoms with Crippen LogP contribution < -0.4 is 20.5 Å². The molecule has 186 valence electrons. The number of aryl methyl sites for hydroxylation is 1. The van der Waals surface area contributed by atoms with E-state index < -0.39 is 12.6 Å². The fourth-order valence-corrected chi connectivity index (χ4v) is 4.79. The molecule has 1 aliphatic rings. The molecule has 9 heteroatoms. The maximum atomic E-state index is 11.2. The summed E-state index contributed by atoms with van der Waals surface area (Å²) in [6.07, 6.45) is 1.77. The van der Waals surface area contributed by atoms with Gasteiger partial charge >= 0.3 is 5.97 Å². The number of piperidine rings is 1. The molecular formula is C27H29N5O4. The second-order valence-corrected chi connectivity index (χ2v) is 9.01. The number of benzene rings is 3. The van der Waals surface area contributed by atoms with Crippen molar-refractivity contribution in [3.8, 4) is 11.5 Å². The highest BCUT2D eigenvalue weighted by Crippen LogP contribution is 2.35. The quantitative estimate of drug-likeness (QED) is 0.221. The molecular weight excluding hydrogens is 458 g/mol. The van der Waals surface area contributed by atoms with Crippen LogP contribution in [0.5, 0.6) is 11.5 Å². The van der Waals surface area contributed by atoms with Crippen LogP contribution in [0.25, 0.3) is 21.8 Å². The zero-order valence-corrected chi connectivity index (χ0v) is 20.1. The van der Waals surface area contributed by atoms with Crippen LogP contribution in [0.3, 0.4) is 0 Å². The molecule has 0 bridgehead atoms. The van der Waals surface area contributed by atoms with Crippen LogP contribution in [0.4, 0.5) is 0 Å². The first-order valence-electron chi connectivity index (χ1n) is 12.0. The minimum atomic E-state index is -1.05. The fourth-order valence-electron chi connectivity index (χ4n) is 4.79. The summed E-state index contributed by atoms with van der Waals surface area (Å²) in [4.78, 5) is 16.0. The molecule has 36 heavy (non-hydrogen) atoms. The first-order valence-corrected chi connectivity index (χ1v) is 12.0. The van der Waals surface area contributed by atoms with E-state index in [-0.39, 0.29) is 11.9 Å². The Morgan fingerprint density at radius 1 is 1.17 bits per heavy atom. The maximum absolute atomic E-state index is 11.2. The van der Waals surface area contributed by atoms with Crippen molar-refractivity contribution < 1.29 is 19.4 Å². The van der Waals surface area contributed by atoms with Crippen molar-refractivity contribution in [2.45, 2.75) is 32.4 Å². The van der Waals surface area contributed by atoms with Gasteiger partial charge in [0.15, 0.2) is 18.1 Å². The minimum absolute atomic E-state index is 0.0310. The molecule has 5 N–H and O–H groups in total. The number of rotatable bonds is 8. The van der Waals surface area contributed by atoms with Gasteiger partial charge in [-0.05, 0) is 49.2 Å². The number of nitrogens with zero attached hydrogens (tertiary/aromatic N) is 2. The van der Waals surface area contributed by atoms with Gasteiger partial charge in [-0.15, -0.1) is 0 Å². The molecule has 4 aromatic rings. The molecule has 1 aromatic heterocycles. The number of aromatic nitrogens is 2. The standard InChI is InChI=1S/C27H29N5O4/c1-16-31-22-12-25(36-18-8-10-30-11-9-18)24(35-15-26(33)34)13-23(22)32(16)14-17-6-7-21(27(28)29)20-5-3-2-4-19(17)20/h2-7,12-13,18,30H,8-11,14-15H2,1H3,(H3,28,29)(H,33,34). The second kappa shape index (κ2) is 9.87. The largest absolute Gasteiger partial charge is 0.486 e. The number of imidazole rings is 1. The Hall–Kier alpha value is -4.11. The maximum Gasteiger partial charge on any atom is 0.341 e. The molecule has 9 nitrogen and oxygen atoms in total. The van der Waals surface area contributed by atoms with Gasteiger partial charge in [0.25, 0.3) is 0 Å². The Balaban J connectivity index is 1.56. The highest BCUT2D eigenvalue weighted by molar-refractivity contribution is 6.08. The van der Waals surface area contributed by atoms with Crippen LogP contribution in [0.15, 0.2) is 48.5 Å². The number of hydrogen-bond donors (Lipinski definition) is 4. The van der Waals surface area contributed by atoms with Crippen LogP contribution in [-0.2, 0) is 11.3 Å². The third-order valence-corrected chi connectivity index (χ3v) is 6.57. The van der Waals surface area contributed by atoms with E-state index in [2.05, 4.69) is 9.88 Å². The highest BCUT2D eigenvalue weighted by atomic mass is 16.5. The summed E-state index contributed by atoms with van der Waals surface area (Å²) in [5.41, 5.74) is 9.14. The Morgan fingerprint density at radius 3 is 2.64 bits per heavy atom. The lowest BCUT2D eigenvalue weighted by atomic mass is 9.99. The SMILES string of the molecule is Cc1nc2cc(OC3CCNCC3)c(OCC(=O)O)cc2n1Cc1ccc(C(=N)N)c2ccccc12. The van der Waals surface area contributed by atoms with Gasteiger partial charge < -0.3 is 30.2 Å². The average Bonchev–Trinajstić information content (AvgIpc) is 3.16. The smallest absolute Gasteiger partial charge is 0.341 e. The average molecular weight is 488 g/mol. The normalized spacial score (nSPS) is 14.2. The van der Waals surface area contributed by atoms with Gasteiger partial charge in [0.2, 0.25) is 0 Å². The number of nitrogens with one attached hydrogen (secondary N) is 2. The number of fused-ring (bicyclic) bond motifs is 2. The van der Waals surface area contributed by atoms with Crippen molar-refractivity contribution in [1.82, 2.24) is 14.9 Å². The van der Waals surface area contributed by atoms with Crippen molar-refractivity contribution in [2.75, 3.05) is 19.7 Å². The Morgan fingerprint density at radius 2 is 1.92 bits per heavy atom. The molecule has 0 amide bonds. The predicted molar refractivity (Wildman–Crippen MR) is 138 cm³/mol. The van der Waals surface area contributed by atoms with Gasteiger partial charge in [0.1, 0.15) is 17.8 Å². The van der Waals surface area contributed by atoms with E-state index in [1.807, 2.05) is 55.5 Å². The summed E-state index contributed by atoms with van der Waals surface area (Å²) >= 11 is 0. The molecule has 0 atom stereocenters. The topological polar surface area (TPSA) is 135 Å². The third kappa shape index (κ3) is 4.70. The number of nitrogens with two attached hydrogens (primary N) is 1. The lowest BCUT2D eigenvalue weighted by Crippen LogP contribution is -2.34. The van der Waals surface area contributed by atoms with Crippen molar-refractivity contribution in [3.05, 3.63) is 65.5 Å². The van der Waals surface area contributed by atoms with Crippen molar-refractivity contribution in [3.63, 3.8) is 0 Å². The van der Waals surface area contributed by atoms with Gasteiger partial charge in [0.05, 0.1) is 11.0 Å². The predicted octanol–water partition coefficient (Wildman–Crippen LogP) is 3.42. The molecule has 3 aromatic carbocycles. The van der Waals surface area contributed by atoms with Crippen LogP contribution in [0.2, 0.25) is 0 Å². The van der Waals surface area contributed by atoms with E-state index in [4.69, 9.17) is 25.6 Å². The van der Waals surface area contributed by atoms with Crippen LogP contribution in [0.1, 0.15) is 29.8 Å². The van der Waals surface area contributed by atoms with E-state index in [0.29, 0.717) is 23.6 Å². The zero-order valence-electron chi connectivity index (χ0n) is 20.1. The van der Waals surface area contributed by atoms with Crippen molar-refractivity contribution in [1.29, 1.82) is 5.41 Å². The van der Waals surface area contributed by atoms with Crippen LogP contribution in [-0.4, -0.2) is 52.3 Å². The lowest BCUT2D eigenvalue weighted by molar-refractivity contribution is -0.139. The molecule has 5 rings (SSSR count). The Bertz CT molecular complexity index is 1460. The number of nitrogen functional groups attached to an aromatic ring is 1. The van der Waals surface area contributed by atoms with E-state index in [1.165, 1.54) is 0 Å². The molecule has 1 fully saturated rings. The number of hydrogen-bond acceptors (Lipinski definition) is 6. The fraction of sp³-hybridized carbons (Fsp3) is 0.296. The number of amidine groups is 1. The van der Waals surface area contributed by atoms with Crippen LogP contribution in [0, 0.1) is 12.3 Å². The number of carboxylic acids is 1. The first kappa shape index (κ1) is 23.6. The van der Waals surface area contributed by atoms with E-state index in [0.717, 1.165) is 59.1 Å². The van der Waals surface area contributed by atoms with Gasteiger partial charge in [-0.2, -0.15) is 0 Å². The number of ether oxygens (including phenoxy) is 2. The zero-order chi connectivity index (χ0) is 25.2. The molecule has 1 saturated heterocycles. The summed E-state index contributed by atoms with van der Waals surface area (Å²) in [6, 6.07) is 15.4. The summed E-state index contributed by atoms with van der Waals surface area (Å²) in [6.45, 7) is 3.77. The molecule has 0 spiro atoms. The summed E-state index contributed by atoms with van der Waals surface area (Å²) in [5, 5.41) is 22.4. The Kier molecular flexibility index (Phi) is 6.47. The van der Waals surface area contributed by atoms with Crippen LogP contribution >= 0.6 is 0 Å². The van der Waals surface area contributed by atoms with Gasteiger partial charge in [0, 0.05) is 24.2 Å². The Labute approximate surface area is 208 Å². The monoisotopic (exact) mass is 487 g/mol. The summed E-state index contributed by atoms with van der Waals surface area (Å²) in [7, 11) is 0. The minimum Gasteiger partial charge on any atom is -0.486 e. The third-order valence-electron chi connectivity index (χ3n) is 6.57. The molecule has 1 aliphatic heterocycles. The van der Waals surface area contributed by atoms with Crippen molar-refractivity contribution in [2.24, 2.45) is 5.73 Å². The first-order chi connectivity index (χ1) is 17.4.